The Hall–Kier alpha value is -1.20. The third kappa shape index (κ3) is 2.97. The molecule has 0 aliphatic rings. The molecule has 2 aromatic rings. The lowest BCUT2D eigenvalue weighted by molar-refractivity contribution is 0.937. The molecule has 96 valence electrons. The van der Waals surface area contributed by atoms with Crippen molar-refractivity contribution in [1.29, 1.82) is 0 Å². The highest BCUT2D eigenvalue weighted by Gasteiger charge is 2.07. The van der Waals surface area contributed by atoms with Gasteiger partial charge in [-0.2, -0.15) is 0 Å². The van der Waals surface area contributed by atoms with Gasteiger partial charge in [-0.3, -0.25) is 0 Å². The lowest BCUT2D eigenvalue weighted by Gasteiger charge is -2.09. The Morgan fingerprint density at radius 3 is 2.67 bits per heavy atom. The van der Waals surface area contributed by atoms with Crippen molar-refractivity contribution in [3.8, 4) is 0 Å². The van der Waals surface area contributed by atoms with Crippen LogP contribution in [0.4, 0.5) is 5.82 Å². The molecular formula is C12H15ClN4S. The van der Waals surface area contributed by atoms with Crippen molar-refractivity contribution in [3.63, 3.8) is 0 Å². The van der Waals surface area contributed by atoms with Crippen molar-refractivity contribution >= 4 is 28.8 Å². The summed E-state index contributed by atoms with van der Waals surface area (Å²) in [7, 11) is 0. The molecule has 2 rings (SSSR count). The molecule has 18 heavy (non-hydrogen) atoms. The molecule has 0 amide bonds. The largest absolute Gasteiger partial charge is 0.368 e. The second-order valence-corrected chi connectivity index (χ2v) is 5.45. The van der Waals surface area contributed by atoms with Crippen molar-refractivity contribution in [3.05, 3.63) is 32.4 Å². The molecule has 0 saturated heterocycles. The van der Waals surface area contributed by atoms with Crippen LogP contribution >= 0.6 is 22.9 Å². The zero-order valence-electron chi connectivity index (χ0n) is 10.6. The molecule has 6 heteroatoms. The average Bonchev–Trinajstić information content (AvgIpc) is 2.75. The molecule has 0 unspecified atom stereocenters. The fourth-order valence-corrected chi connectivity index (χ4v) is 2.50. The van der Waals surface area contributed by atoms with E-state index in [1.54, 1.807) is 11.3 Å². The molecule has 0 fully saturated rings. The molecule has 0 saturated carbocycles. The standard InChI is InChI=1S/C12H15ClN4S/c1-7-6-18-10(15-7)4-5-14-12-9(3)8(2)11(13)16-17-12/h6H,4-5H2,1-3H3,(H,14,17). The predicted octanol–water partition coefficient (Wildman–Crippen LogP) is 3.17. The fraction of sp³-hybridized carbons (Fsp3) is 0.417. The van der Waals surface area contributed by atoms with E-state index in [0.717, 1.165) is 40.6 Å². The second kappa shape index (κ2) is 5.63. The monoisotopic (exact) mass is 282 g/mol. The zero-order valence-corrected chi connectivity index (χ0v) is 12.2. The Morgan fingerprint density at radius 2 is 2.00 bits per heavy atom. The van der Waals surface area contributed by atoms with E-state index >= 15 is 0 Å². The van der Waals surface area contributed by atoms with Crippen LogP contribution in [-0.2, 0) is 6.42 Å². The van der Waals surface area contributed by atoms with Gasteiger partial charge < -0.3 is 5.32 Å². The van der Waals surface area contributed by atoms with E-state index in [1.807, 2.05) is 20.8 Å². The molecule has 0 spiro atoms. The third-order valence-corrected chi connectivity index (χ3v) is 4.15. The molecule has 2 heterocycles. The lowest BCUT2D eigenvalue weighted by Crippen LogP contribution is -2.09. The van der Waals surface area contributed by atoms with Crippen LogP contribution in [0, 0.1) is 20.8 Å². The maximum absolute atomic E-state index is 5.91. The summed E-state index contributed by atoms with van der Waals surface area (Å²) in [4.78, 5) is 4.42. The van der Waals surface area contributed by atoms with Gasteiger partial charge in [0, 0.05) is 24.0 Å². The van der Waals surface area contributed by atoms with E-state index in [1.165, 1.54) is 0 Å². The number of halogens is 1. The Bertz CT molecular complexity index is 553. The maximum atomic E-state index is 5.91. The van der Waals surface area contributed by atoms with Gasteiger partial charge in [0.25, 0.3) is 0 Å². The number of nitrogens with one attached hydrogen (secondary N) is 1. The van der Waals surface area contributed by atoms with Crippen LogP contribution in [-0.4, -0.2) is 21.7 Å². The number of hydrogen-bond acceptors (Lipinski definition) is 5. The normalized spacial score (nSPS) is 10.7. The van der Waals surface area contributed by atoms with E-state index in [2.05, 4.69) is 25.9 Å². The average molecular weight is 283 g/mol. The number of nitrogens with zero attached hydrogens (tertiary/aromatic N) is 3. The Labute approximate surface area is 115 Å². The summed E-state index contributed by atoms with van der Waals surface area (Å²) >= 11 is 7.60. The van der Waals surface area contributed by atoms with Crippen molar-refractivity contribution in [1.82, 2.24) is 15.2 Å². The highest BCUT2D eigenvalue weighted by Crippen LogP contribution is 2.20. The molecule has 4 nitrogen and oxygen atoms in total. The van der Waals surface area contributed by atoms with E-state index in [9.17, 15) is 0 Å². The quantitative estimate of drug-likeness (QED) is 0.936. The minimum absolute atomic E-state index is 0.466. The van der Waals surface area contributed by atoms with Crippen molar-refractivity contribution in [2.24, 2.45) is 0 Å². The van der Waals surface area contributed by atoms with Gasteiger partial charge in [0.1, 0.15) is 0 Å². The van der Waals surface area contributed by atoms with E-state index < -0.39 is 0 Å². The van der Waals surface area contributed by atoms with E-state index in [4.69, 9.17) is 11.6 Å². The van der Waals surface area contributed by atoms with Gasteiger partial charge in [-0.25, -0.2) is 4.98 Å². The van der Waals surface area contributed by atoms with E-state index in [0.29, 0.717) is 5.15 Å². The van der Waals surface area contributed by atoms with Crippen LogP contribution < -0.4 is 5.32 Å². The summed E-state index contributed by atoms with van der Waals surface area (Å²) in [6.45, 7) is 6.74. The second-order valence-electron chi connectivity index (χ2n) is 4.15. The molecule has 0 bridgehead atoms. The number of aromatic nitrogens is 3. The van der Waals surface area contributed by atoms with Crippen LogP contribution in [0.25, 0.3) is 0 Å². The number of rotatable bonds is 4. The van der Waals surface area contributed by atoms with Gasteiger partial charge in [0.15, 0.2) is 11.0 Å². The van der Waals surface area contributed by atoms with Crippen molar-refractivity contribution in [2.75, 3.05) is 11.9 Å². The molecule has 1 N–H and O–H groups in total. The number of anilines is 1. The van der Waals surface area contributed by atoms with Gasteiger partial charge in [0.2, 0.25) is 0 Å². The fourth-order valence-electron chi connectivity index (χ4n) is 1.55. The van der Waals surface area contributed by atoms with Crippen molar-refractivity contribution < 1.29 is 0 Å². The highest BCUT2D eigenvalue weighted by molar-refractivity contribution is 7.09. The summed E-state index contributed by atoms with van der Waals surface area (Å²) in [5.74, 6) is 0.796. The highest BCUT2D eigenvalue weighted by atomic mass is 35.5. The van der Waals surface area contributed by atoms with Crippen LogP contribution in [0.1, 0.15) is 21.8 Å². The molecule has 0 radical (unpaired) electrons. The first-order valence-electron chi connectivity index (χ1n) is 5.72. The van der Waals surface area contributed by atoms with Crippen LogP contribution in [0.2, 0.25) is 5.15 Å². The molecule has 0 atom stereocenters. The SMILES string of the molecule is Cc1csc(CCNc2nnc(Cl)c(C)c2C)n1. The Balaban J connectivity index is 1.96. The first-order valence-corrected chi connectivity index (χ1v) is 6.98. The van der Waals surface area contributed by atoms with Gasteiger partial charge in [-0.1, -0.05) is 11.6 Å². The maximum Gasteiger partial charge on any atom is 0.155 e. The summed E-state index contributed by atoms with van der Waals surface area (Å²) in [6.07, 6.45) is 0.890. The van der Waals surface area contributed by atoms with E-state index in [-0.39, 0.29) is 0 Å². The smallest absolute Gasteiger partial charge is 0.155 e. The Morgan fingerprint density at radius 1 is 1.22 bits per heavy atom. The summed E-state index contributed by atoms with van der Waals surface area (Å²) < 4.78 is 0. The van der Waals surface area contributed by atoms with Crippen LogP contribution in [0.5, 0.6) is 0 Å². The molecule has 0 aliphatic heterocycles. The lowest BCUT2D eigenvalue weighted by atomic mass is 10.2. The molecule has 2 aromatic heterocycles. The van der Waals surface area contributed by atoms with Gasteiger partial charge in [0.05, 0.1) is 5.01 Å². The summed E-state index contributed by atoms with van der Waals surface area (Å²) in [5, 5.41) is 14.9. The zero-order chi connectivity index (χ0) is 13.1. The van der Waals surface area contributed by atoms with Gasteiger partial charge >= 0.3 is 0 Å². The molecular weight excluding hydrogens is 268 g/mol. The molecule has 0 aromatic carbocycles. The first kappa shape index (κ1) is 13.2. The van der Waals surface area contributed by atoms with Crippen LogP contribution in [0.3, 0.4) is 0 Å². The van der Waals surface area contributed by atoms with Gasteiger partial charge in [-0.05, 0) is 31.9 Å². The molecule has 0 aliphatic carbocycles. The first-order chi connectivity index (χ1) is 8.58. The summed E-state index contributed by atoms with van der Waals surface area (Å²) in [6, 6.07) is 0. The number of hydrogen-bond donors (Lipinski definition) is 1. The predicted molar refractivity (Wildman–Crippen MR) is 75.6 cm³/mol. The summed E-state index contributed by atoms with van der Waals surface area (Å²) in [5.41, 5.74) is 3.10. The third-order valence-electron chi connectivity index (χ3n) is 2.76. The minimum atomic E-state index is 0.466. The number of aryl methyl sites for hydroxylation is 1. The topological polar surface area (TPSA) is 50.7 Å². The minimum Gasteiger partial charge on any atom is -0.368 e. The van der Waals surface area contributed by atoms with Crippen LogP contribution in [0.15, 0.2) is 5.38 Å². The number of thiazole rings is 1. The Kier molecular flexibility index (Phi) is 4.14. The van der Waals surface area contributed by atoms with Crippen molar-refractivity contribution in [2.45, 2.75) is 27.2 Å². The van der Waals surface area contributed by atoms with Gasteiger partial charge in [-0.15, -0.1) is 21.5 Å².